The van der Waals surface area contributed by atoms with Gasteiger partial charge in [0.05, 0.1) is 5.91 Å². The summed E-state index contributed by atoms with van der Waals surface area (Å²) in [6.45, 7) is 4.69. The second kappa shape index (κ2) is 6.70. The molecule has 1 aromatic rings. The van der Waals surface area contributed by atoms with E-state index in [9.17, 15) is 4.79 Å². The molecule has 70 valence electrons. The SMILES string of the molecule is CC(C)C[N-]C(=O)c1ccccc1.[Li+]. The molecule has 1 aromatic carbocycles. The molecule has 1 rings (SSSR count). The van der Waals surface area contributed by atoms with Crippen LogP contribution in [0.2, 0.25) is 0 Å². The Morgan fingerprint density at radius 1 is 1.29 bits per heavy atom. The van der Waals surface area contributed by atoms with Crippen molar-refractivity contribution in [1.82, 2.24) is 0 Å². The smallest absolute Gasteiger partial charge is 0.649 e. The van der Waals surface area contributed by atoms with Crippen molar-refractivity contribution >= 4 is 5.91 Å². The van der Waals surface area contributed by atoms with Crippen LogP contribution in [0, 0.1) is 5.92 Å². The standard InChI is InChI=1S/C11H15NO.Li/c1-9(2)8-12-11(13)10-6-4-3-5-7-10;/h3-7,9H,8H2,1-2H3,(H,12,13);/q;+1/p-1. The first kappa shape index (κ1) is 13.3. The van der Waals surface area contributed by atoms with Gasteiger partial charge in [-0.05, 0) is 5.56 Å². The normalized spacial score (nSPS) is 9.36. The molecule has 0 saturated carbocycles. The molecular formula is C11H14LiNO. The van der Waals surface area contributed by atoms with Gasteiger partial charge < -0.3 is 10.1 Å². The Morgan fingerprint density at radius 2 is 1.86 bits per heavy atom. The van der Waals surface area contributed by atoms with Crippen molar-refractivity contribution in [2.75, 3.05) is 6.54 Å². The van der Waals surface area contributed by atoms with Crippen molar-refractivity contribution in [2.24, 2.45) is 5.92 Å². The third-order valence-corrected chi connectivity index (χ3v) is 1.62. The summed E-state index contributed by atoms with van der Waals surface area (Å²) in [4.78, 5) is 11.4. The molecule has 0 unspecified atom stereocenters. The number of carbonyl (C=O) groups is 1. The zero-order chi connectivity index (χ0) is 9.68. The quantitative estimate of drug-likeness (QED) is 0.600. The minimum Gasteiger partial charge on any atom is -0.649 e. The first-order chi connectivity index (χ1) is 6.20. The monoisotopic (exact) mass is 183 g/mol. The summed E-state index contributed by atoms with van der Waals surface area (Å²) in [6.07, 6.45) is 0. The number of hydrogen-bond acceptors (Lipinski definition) is 1. The Bertz CT molecular complexity index is 272. The van der Waals surface area contributed by atoms with Gasteiger partial charge in [0.1, 0.15) is 0 Å². The van der Waals surface area contributed by atoms with Crippen LogP contribution in [0.15, 0.2) is 30.3 Å². The predicted octanol–water partition coefficient (Wildman–Crippen LogP) is -0.139. The maximum Gasteiger partial charge on any atom is 1.00 e. The summed E-state index contributed by atoms with van der Waals surface area (Å²) >= 11 is 0. The fraction of sp³-hybridized carbons (Fsp3) is 0.364. The molecule has 3 heteroatoms. The van der Waals surface area contributed by atoms with E-state index in [0.717, 1.165) is 0 Å². The van der Waals surface area contributed by atoms with Gasteiger partial charge in [0.25, 0.3) is 0 Å². The van der Waals surface area contributed by atoms with Gasteiger partial charge in [-0.2, -0.15) is 0 Å². The van der Waals surface area contributed by atoms with Gasteiger partial charge in [-0.1, -0.05) is 50.1 Å². The Kier molecular flexibility index (Phi) is 6.36. The largest absolute Gasteiger partial charge is 1.00 e. The first-order valence-corrected chi connectivity index (χ1v) is 4.47. The van der Waals surface area contributed by atoms with E-state index in [4.69, 9.17) is 0 Å². The van der Waals surface area contributed by atoms with Crippen LogP contribution in [0.1, 0.15) is 24.2 Å². The summed E-state index contributed by atoms with van der Waals surface area (Å²) < 4.78 is 0. The van der Waals surface area contributed by atoms with Crippen LogP contribution in [-0.4, -0.2) is 12.5 Å². The van der Waals surface area contributed by atoms with E-state index in [2.05, 4.69) is 5.32 Å². The van der Waals surface area contributed by atoms with Crippen molar-refractivity contribution in [2.45, 2.75) is 13.8 Å². The van der Waals surface area contributed by atoms with Crippen molar-refractivity contribution in [3.63, 3.8) is 0 Å². The van der Waals surface area contributed by atoms with Gasteiger partial charge in [-0.15, -0.1) is 6.54 Å². The zero-order valence-corrected chi connectivity index (χ0v) is 9.03. The molecule has 2 nitrogen and oxygen atoms in total. The molecule has 14 heavy (non-hydrogen) atoms. The van der Waals surface area contributed by atoms with E-state index in [-0.39, 0.29) is 24.8 Å². The number of nitrogens with zero attached hydrogens (tertiary/aromatic N) is 1. The summed E-state index contributed by atoms with van der Waals surface area (Å²) in [5.74, 6) is 0.321. The molecule has 0 aliphatic heterocycles. The molecule has 0 N–H and O–H groups in total. The number of carbonyl (C=O) groups excluding carboxylic acids is 1. The zero-order valence-electron chi connectivity index (χ0n) is 9.03. The molecule has 1 amide bonds. The van der Waals surface area contributed by atoms with Crippen LogP contribution >= 0.6 is 0 Å². The van der Waals surface area contributed by atoms with Crippen LogP contribution in [0.4, 0.5) is 0 Å². The summed E-state index contributed by atoms with van der Waals surface area (Å²) in [5, 5.41) is 3.96. The molecule has 0 radical (unpaired) electrons. The number of benzene rings is 1. The molecule has 0 bridgehead atoms. The van der Waals surface area contributed by atoms with Crippen LogP contribution in [0.5, 0.6) is 0 Å². The third kappa shape index (κ3) is 4.50. The van der Waals surface area contributed by atoms with Gasteiger partial charge >= 0.3 is 18.9 Å². The van der Waals surface area contributed by atoms with Crippen molar-refractivity contribution in [3.8, 4) is 0 Å². The topological polar surface area (TPSA) is 31.2 Å². The van der Waals surface area contributed by atoms with Gasteiger partial charge in [0.2, 0.25) is 0 Å². The van der Waals surface area contributed by atoms with Gasteiger partial charge in [-0.25, -0.2) is 0 Å². The van der Waals surface area contributed by atoms with E-state index in [1.165, 1.54) is 0 Å². The number of amides is 1. The molecule has 0 saturated heterocycles. The average Bonchev–Trinajstić information content (AvgIpc) is 2.15. The maximum absolute atomic E-state index is 11.4. The Hall–Kier alpha value is -0.713. The second-order valence-electron chi connectivity index (χ2n) is 3.41. The number of hydrogen-bond donors (Lipinski definition) is 0. The molecule has 0 aromatic heterocycles. The molecule has 0 spiro atoms. The molecule has 0 atom stereocenters. The van der Waals surface area contributed by atoms with Crippen LogP contribution in [0.25, 0.3) is 5.32 Å². The summed E-state index contributed by atoms with van der Waals surface area (Å²) in [6, 6.07) is 9.15. The number of rotatable bonds is 3. The summed E-state index contributed by atoms with van der Waals surface area (Å²) in [7, 11) is 0. The van der Waals surface area contributed by atoms with Crippen LogP contribution in [0.3, 0.4) is 0 Å². The average molecular weight is 183 g/mol. The van der Waals surface area contributed by atoms with Gasteiger partial charge in [0, 0.05) is 0 Å². The predicted molar refractivity (Wildman–Crippen MR) is 53.8 cm³/mol. The second-order valence-corrected chi connectivity index (χ2v) is 3.41. The van der Waals surface area contributed by atoms with Crippen molar-refractivity contribution in [3.05, 3.63) is 41.2 Å². The van der Waals surface area contributed by atoms with Gasteiger partial charge in [0.15, 0.2) is 0 Å². The summed E-state index contributed by atoms with van der Waals surface area (Å²) in [5.41, 5.74) is 0.670. The Labute approximate surface area is 97.3 Å². The Morgan fingerprint density at radius 3 is 2.36 bits per heavy atom. The molecule has 0 aliphatic rings. The molecule has 0 aliphatic carbocycles. The van der Waals surface area contributed by atoms with Gasteiger partial charge in [-0.3, -0.25) is 0 Å². The van der Waals surface area contributed by atoms with E-state index in [0.29, 0.717) is 18.0 Å². The van der Waals surface area contributed by atoms with E-state index in [1.807, 2.05) is 32.0 Å². The first-order valence-electron chi connectivity index (χ1n) is 4.47. The van der Waals surface area contributed by atoms with Crippen molar-refractivity contribution in [1.29, 1.82) is 0 Å². The molecule has 0 fully saturated rings. The Balaban J connectivity index is 0.00000169. The molecular weight excluding hydrogens is 169 g/mol. The minimum atomic E-state index is -0.116. The van der Waals surface area contributed by atoms with E-state index >= 15 is 0 Å². The van der Waals surface area contributed by atoms with E-state index in [1.54, 1.807) is 12.1 Å². The molecule has 0 heterocycles. The maximum atomic E-state index is 11.4. The van der Waals surface area contributed by atoms with Crippen LogP contribution < -0.4 is 18.9 Å². The minimum absolute atomic E-state index is 0. The van der Waals surface area contributed by atoms with Crippen molar-refractivity contribution < 1.29 is 23.7 Å². The fourth-order valence-electron chi connectivity index (χ4n) is 0.938. The van der Waals surface area contributed by atoms with E-state index < -0.39 is 0 Å². The fourth-order valence-corrected chi connectivity index (χ4v) is 0.938. The van der Waals surface area contributed by atoms with Crippen LogP contribution in [-0.2, 0) is 0 Å². The third-order valence-electron chi connectivity index (χ3n) is 1.62.